The number of hydrogen-bond donors (Lipinski definition) is 2. The monoisotopic (exact) mass is 508 g/mol. The molecule has 1 aromatic rings. The molecule has 36 heavy (non-hydrogen) atoms. The molecular formula is C28H48N2O6. The van der Waals surface area contributed by atoms with Crippen LogP contribution >= 0.6 is 0 Å². The molecule has 0 aliphatic rings. The second-order valence-electron chi connectivity index (χ2n) is 12.2. The van der Waals surface area contributed by atoms with Crippen LogP contribution in [0.25, 0.3) is 0 Å². The van der Waals surface area contributed by atoms with Crippen LogP contribution in [0.2, 0.25) is 0 Å². The van der Waals surface area contributed by atoms with E-state index in [0.29, 0.717) is 13.0 Å². The number of carbonyl (C=O) groups is 2. The van der Waals surface area contributed by atoms with E-state index < -0.39 is 23.6 Å². The summed E-state index contributed by atoms with van der Waals surface area (Å²) in [5.41, 5.74) is 2.20. The average Bonchev–Trinajstić information content (AvgIpc) is 2.72. The highest BCUT2D eigenvalue weighted by Crippen LogP contribution is 2.41. The van der Waals surface area contributed by atoms with Gasteiger partial charge in [0.05, 0.1) is 6.61 Å². The van der Waals surface area contributed by atoms with Crippen molar-refractivity contribution in [2.75, 3.05) is 33.6 Å². The first-order chi connectivity index (χ1) is 16.4. The van der Waals surface area contributed by atoms with Crippen LogP contribution in [0, 0.1) is 0 Å². The number of benzene rings is 1. The molecule has 8 nitrogen and oxygen atoms in total. The Bertz CT molecular complexity index is 842. The first-order valence-corrected chi connectivity index (χ1v) is 12.6. The molecule has 2 amide bonds. The molecule has 1 aromatic carbocycles. The van der Waals surface area contributed by atoms with Gasteiger partial charge in [-0.1, -0.05) is 53.7 Å². The maximum absolute atomic E-state index is 12.9. The number of aliphatic hydroxyl groups excluding tert-OH is 1. The summed E-state index contributed by atoms with van der Waals surface area (Å²) in [7, 11) is 1.60. The fourth-order valence-electron chi connectivity index (χ4n) is 3.65. The van der Waals surface area contributed by atoms with Gasteiger partial charge in [0.1, 0.15) is 17.4 Å². The molecule has 0 fully saturated rings. The molecule has 0 heterocycles. The van der Waals surface area contributed by atoms with E-state index in [2.05, 4.69) is 59.0 Å². The number of amides is 2. The molecule has 0 radical (unpaired) electrons. The zero-order chi connectivity index (χ0) is 27.9. The van der Waals surface area contributed by atoms with Gasteiger partial charge in [-0.25, -0.2) is 9.59 Å². The number of nitrogens with one attached hydrogen (secondary N) is 1. The first kappa shape index (κ1) is 31.7. The Morgan fingerprint density at radius 3 is 1.92 bits per heavy atom. The van der Waals surface area contributed by atoms with Crippen LogP contribution in [0.15, 0.2) is 12.1 Å². The lowest BCUT2D eigenvalue weighted by molar-refractivity contribution is -0.156. The molecule has 1 rings (SSSR count). The Morgan fingerprint density at radius 2 is 1.50 bits per heavy atom. The van der Waals surface area contributed by atoms with Gasteiger partial charge in [0.15, 0.2) is 6.79 Å². The van der Waals surface area contributed by atoms with Crippen molar-refractivity contribution in [2.24, 2.45) is 0 Å². The van der Waals surface area contributed by atoms with Crippen molar-refractivity contribution in [1.29, 1.82) is 0 Å². The second-order valence-corrected chi connectivity index (χ2v) is 12.2. The van der Waals surface area contributed by atoms with Crippen molar-refractivity contribution in [3.63, 3.8) is 0 Å². The summed E-state index contributed by atoms with van der Waals surface area (Å²) in [6.07, 6.45) is 0.574. The molecule has 0 aliphatic carbocycles. The molecular weight excluding hydrogens is 460 g/mol. The second kappa shape index (κ2) is 12.8. The van der Waals surface area contributed by atoms with Crippen LogP contribution in [-0.4, -0.2) is 67.2 Å². The van der Waals surface area contributed by atoms with Crippen molar-refractivity contribution in [2.45, 2.75) is 98.1 Å². The molecule has 206 valence electrons. The van der Waals surface area contributed by atoms with E-state index in [1.54, 1.807) is 34.8 Å². The Morgan fingerprint density at radius 1 is 0.972 bits per heavy atom. The highest BCUT2D eigenvalue weighted by atomic mass is 16.7. The minimum absolute atomic E-state index is 0.153. The quantitative estimate of drug-likeness (QED) is 0.356. The highest BCUT2D eigenvalue weighted by Gasteiger charge is 2.29. The zero-order valence-electron chi connectivity index (χ0n) is 24.2. The van der Waals surface area contributed by atoms with Crippen LogP contribution in [0.1, 0.15) is 85.9 Å². The predicted octanol–water partition coefficient (Wildman–Crippen LogP) is 4.54. The Kier molecular flexibility index (Phi) is 11.2. The van der Waals surface area contributed by atoms with Gasteiger partial charge in [0, 0.05) is 31.3 Å². The molecule has 0 saturated carbocycles. The van der Waals surface area contributed by atoms with Gasteiger partial charge < -0.3 is 29.5 Å². The number of ether oxygens (including phenoxy) is 3. The fraction of sp³-hybridized carbons (Fsp3) is 0.714. The number of carbonyl (C=O) groups excluding carboxylic acids is 2. The fourth-order valence-corrected chi connectivity index (χ4v) is 3.65. The molecule has 2 N–H and O–H groups in total. The smallest absolute Gasteiger partial charge is 0.328 e. The number of aliphatic hydroxyl groups is 1. The summed E-state index contributed by atoms with van der Waals surface area (Å²) in [6.45, 7) is 20.3. The van der Waals surface area contributed by atoms with Crippen molar-refractivity contribution < 1.29 is 28.9 Å². The molecule has 0 saturated heterocycles. The van der Waals surface area contributed by atoms with Gasteiger partial charge in [-0.2, -0.15) is 0 Å². The third kappa shape index (κ3) is 9.97. The third-order valence-corrected chi connectivity index (χ3v) is 5.51. The van der Waals surface area contributed by atoms with E-state index >= 15 is 0 Å². The Hall–Kier alpha value is -2.32. The van der Waals surface area contributed by atoms with E-state index in [0.717, 1.165) is 22.4 Å². The van der Waals surface area contributed by atoms with Gasteiger partial charge >= 0.3 is 12.0 Å². The van der Waals surface area contributed by atoms with Crippen molar-refractivity contribution in [1.82, 2.24) is 10.2 Å². The Labute approximate surface area is 217 Å². The summed E-state index contributed by atoms with van der Waals surface area (Å²) in [5, 5.41) is 12.3. The molecule has 0 spiro atoms. The lowest BCUT2D eigenvalue weighted by Gasteiger charge is -2.31. The van der Waals surface area contributed by atoms with Gasteiger partial charge in [0.2, 0.25) is 0 Å². The van der Waals surface area contributed by atoms with Gasteiger partial charge in [-0.3, -0.25) is 0 Å². The van der Waals surface area contributed by atoms with E-state index in [-0.39, 0.29) is 30.8 Å². The normalized spacial score (nSPS) is 13.2. The number of hydrogen-bond acceptors (Lipinski definition) is 6. The summed E-state index contributed by atoms with van der Waals surface area (Å²) >= 11 is 0. The highest BCUT2D eigenvalue weighted by molar-refractivity contribution is 5.83. The van der Waals surface area contributed by atoms with Crippen LogP contribution in [0.3, 0.4) is 0 Å². The molecule has 0 bridgehead atoms. The van der Waals surface area contributed by atoms with Gasteiger partial charge in [-0.05, 0) is 50.5 Å². The van der Waals surface area contributed by atoms with E-state index in [1.165, 1.54) is 4.90 Å². The average molecular weight is 509 g/mol. The number of rotatable bonds is 10. The lowest BCUT2D eigenvalue weighted by atomic mass is 9.78. The third-order valence-electron chi connectivity index (χ3n) is 5.51. The van der Waals surface area contributed by atoms with E-state index in [1.807, 2.05) is 0 Å². The SMILES string of the molecule is COCOc1c(C(C)(C)C)cc(CCN(CCO)C(=O)N[C@@H](C)C(=O)OC(C)(C)C)cc1C(C)(C)C. The van der Waals surface area contributed by atoms with Crippen LogP contribution in [0.4, 0.5) is 4.79 Å². The molecule has 0 aromatic heterocycles. The summed E-state index contributed by atoms with van der Waals surface area (Å²) in [5.74, 6) is 0.327. The van der Waals surface area contributed by atoms with Gasteiger partial charge in [0.25, 0.3) is 0 Å². The minimum atomic E-state index is -0.810. The van der Waals surface area contributed by atoms with Crippen LogP contribution in [-0.2, 0) is 31.5 Å². The molecule has 0 unspecified atom stereocenters. The Balaban J connectivity index is 3.19. The number of esters is 1. The number of nitrogens with zero attached hydrogens (tertiary/aromatic N) is 1. The largest absolute Gasteiger partial charge is 0.467 e. The summed E-state index contributed by atoms with van der Waals surface area (Å²) in [4.78, 5) is 26.7. The molecule has 8 heteroatoms. The van der Waals surface area contributed by atoms with Crippen molar-refractivity contribution in [3.8, 4) is 5.75 Å². The lowest BCUT2D eigenvalue weighted by Crippen LogP contribution is -2.49. The van der Waals surface area contributed by atoms with Crippen molar-refractivity contribution >= 4 is 12.0 Å². The summed E-state index contributed by atoms with van der Waals surface area (Å²) in [6, 6.07) is 3.02. The van der Waals surface area contributed by atoms with E-state index in [4.69, 9.17) is 14.2 Å². The van der Waals surface area contributed by atoms with E-state index in [9.17, 15) is 14.7 Å². The minimum Gasteiger partial charge on any atom is -0.467 e. The zero-order valence-corrected chi connectivity index (χ0v) is 24.2. The standard InChI is InChI=1S/C28H48N2O6/c1-19(24(32)36-28(8,9)10)29-25(33)30(14-15-31)13-12-20-16-21(26(2,3)4)23(35-18-34-11)22(17-20)27(5,6)7/h16-17,19,31H,12-15,18H2,1-11H3,(H,29,33)/t19-/m0/s1. The summed E-state index contributed by atoms with van der Waals surface area (Å²) < 4.78 is 16.6. The van der Waals surface area contributed by atoms with Gasteiger partial charge in [-0.15, -0.1) is 0 Å². The number of urea groups is 1. The van der Waals surface area contributed by atoms with Crippen LogP contribution < -0.4 is 10.1 Å². The first-order valence-electron chi connectivity index (χ1n) is 12.6. The molecule has 1 atom stereocenters. The molecule has 0 aliphatic heterocycles. The maximum atomic E-state index is 12.9. The van der Waals surface area contributed by atoms with Crippen molar-refractivity contribution in [3.05, 3.63) is 28.8 Å². The topological polar surface area (TPSA) is 97.3 Å². The van der Waals surface area contributed by atoms with Crippen LogP contribution in [0.5, 0.6) is 5.75 Å². The number of methoxy groups -OCH3 is 1. The maximum Gasteiger partial charge on any atom is 0.328 e. The predicted molar refractivity (Wildman–Crippen MR) is 143 cm³/mol.